The summed E-state index contributed by atoms with van der Waals surface area (Å²) in [5.41, 5.74) is 3.06. The predicted octanol–water partition coefficient (Wildman–Crippen LogP) is 5.82. The number of carbonyl (C=O) groups excluding carboxylic acids is 2. The zero-order valence-electron chi connectivity index (χ0n) is 21.2. The van der Waals surface area contributed by atoms with E-state index in [1.807, 2.05) is 13.0 Å². The summed E-state index contributed by atoms with van der Waals surface area (Å²) in [5, 5.41) is 13.9. The first-order chi connectivity index (χ1) is 17.7. The minimum Gasteiger partial charge on any atom is -0.494 e. The third-order valence-corrected chi connectivity index (χ3v) is 6.30. The Morgan fingerprint density at radius 1 is 1.08 bits per heavy atom. The van der Waals surface area contributed by atoms with Crippen LogP contribution in [-0.4, -0.2) is 30.4 Å². The quantitative estimate of drug-likeness (QED) is 0.306. The molecule has 192 valence electrons. The molecule has 1 atom stereocenters. The van der Waals surface area contributed by atoms with E-state index in [4.69, 9.17) is 9.47 Å². The molecule has 1 heterocycles. The van der Waals surface area contributed by atoms with Crippen molar-refractivity contribution in [3.63, 3.8) is 0 Å². The van der Waals surface area contributed by atoms with Crippen LogP contribution in [0.3, 0.4) is 0 Å². The van der Waals surface area contributed by atoms with Crippen molar-refractivity contribution in [3.05, 3.63) is 81.9 Å². The van der Waals surface area contributed by atoms with Crippen molar-refractivity contribution < 1.29 is 24.0 Å². The van der Waals surface area contributed by atoms with Crippen LogP contribution >= 0.6 is 0 Å². The Morgan fingerprint density at radius 3 is 2.46 bits per heavy atom. The van der Waals surface area contributed by atoms with Gasteiger partial charge in [-0.3, -0.25) is 19.7 Å². The molecule has 4 rings (SSSR count). The highest BCUT2D eigenvalue weighted by Gasteiger charge is 2.36. The SMILES string of the molecule is COc1cc([N+](=O)[O-])ccc1N1C[C@@H](C(=O)Nc2ccc(Oc3cc(C)ccc3C(C)C)cc2)CC1=O. The van der Waals surface area contributed by atoms with Crippen molar-refractivity contribution in [2.75, 3.05) is 23.9 Å². The Hall–Kier alpha value is -4.40. The topological polar surface area (TPSA) is 111 Å². The average molecular weight is 504 g/mol. The van der Waals surface area contributed by atoms with Crippen molar-refractivity contribution >= 4 is 28.9 Å². The molecule has 1 aliphatic heterocycles. The molecule has 0 aromatic heterocycles. The van der Waals surface area contributed by atoms with Crippen molar-refractivity contribution in [2.45, 2.75) is 33.1 Å². The molecule has 9 nitrogen and oxygen atoms in total. The monoisotopic (exact) mass is 503 g/mol. The number of rotatable bonds is 8. The highest BCUT2D eigenvalue weighted by molar-refractivity contribution is 6.04. The van der Waals surface area contributed by atoms with E-state index in [2.05, 4.69) is 31.3 Å². The van der Waals surface area contributed by atoms with Crippen LogP contribution in [0, 0.1) is 23.0 Å². The fourth-order valence-corrected chi connectivity index (χ4v) is 4.30. The summed E-state index contributed by atoms with van der Waals surface area (Å²) < 4.78 is 11.4. The lowest BCUT2D eigenvalue weighted by Crippen LogP contribution is -2.28. The zero-order chi connectivity index (χ0) is 26.7. The fourth-order valence-electron chi connectivity index (χ4n) is 4.30. The Bertz CT molecular complexity index is 1340. The number of nitro groups is 1. The van der Waals surface area contributed by atoms with Gasteiger partial charge in [-0.25, -0.2) is 0 Å². The molecular weight excluding hydrogens is 474 g/mol. The van der Waals surface area contributed by atoms with Gasteiger partial charge in [0.1, 0.15) is 17.2 Å². The second-order valence-corrected chi connectivity index (χ2v) is 9.33. The van der Waals surface area contributed by atoms with Gasteiger partial charge in [0.2, 0.25) is 11.8 Å². The summed E-state index contributed by atoms with van der Waals surface area (Å²) in [6.45, 7) is 6.39. The summed E-state index contributed by atoms with van der Waals surface area (Å²) in [6.07, 6.45) is 0.0263. The van der Waals surface area contributed by atoms with E-state index in [0.717, 1.165) is 16.9 Å². The van der Waals surface area contributed by atoms with E-state index in [1.165, 1.54) is 30.2 Å². The lowest BCUT2D eigenvalue weighted by atomic mass is 10.0. The fraction of sp³-hybridized carbons (Fsp3) is 0.286. The number of nitrogens with one attached hydrogen (secondary N) is 1. The maximum Gasteiger partial charge on any atom is 0.273 e. The third-order valence-electron chi connectivity index (χ3n) is 6.30. The van der Waals surface area contributed by atoms with E-state index < -0.39 is 10.8 Å². The van der Waals surface area contributed by atoms with E-state index in [1.54, 1.807) is 24.3 Å². The molecule has 37 heavy (non-hydrogen) atoms. The summed E-state index contributed by atoms with van der Waals surface area (Å²) in [6, 6.07) is 17.3. The van der Waals surface area contributed by atoms with Gasteiger partial charge in [-0.05, 0) is 60.4 Å². The second kappa shape index (κ2) is 10.7. The Labute approximate surface area is 215 Å². The molecule has 0 saturated carbocycles. The normalized spacial score (nSPS) is 15.1. The standard InChI is InChI=1S/C28H29N3O6/c1-17(2)23-11-5-18(3)13-25(23)37-22-9-6-20(7-10-22)29-28(33)19-14-27(32)30(16-19)24-12-8-21(31(34)35)15-26(24)36-4/h5-13,15,17,19H,14,16H2,1-4H3,(H,29,33)/t19-/m0/s1. The van der Waals surface area contributed by atoms with E-state index in [0.29, 0.717) is 23.0 Å². The summed E-state index contributed by atoms with van der Waals surface area (Å²) in [7, 11) is 1.38. The van der Waals surface area contributed by atoms with Gasteiger partial charge in [0.25, 0.3) is 5.69 Å². The van der Waals surface area contributed by atoms with Crippen LogP contribution in [0.25, 0.3) is 0 Å². The van der Waals surface area contributed by atoms with Gasteiger partial charge in [0, 0.05) is 24.7 Å². The molecule has 3 aromatic rings. The van der Waals surface area contributed by atoms with Gasteiger partial charge in [-0.15, -0.1) is 0 Å². The number of methoxy groups -OCH3 is 1. The van der Waals surface area contributed by atoms with Gasteiger partial charge in [-0.1, -0.05) is 26.0 Å². The molecule has 0 bridgehead atoms. The smallest absolute Gasteiger partial charge is 0.273 e. The number of anilines is 2. The van der Waals surface area contributed by atoms with Gasteiger partial charge in [-0.2, -0.15) is 0 Å². The number of nitro benzene ring substituents is 1. The van der Waals surface area contributed by atoms with Gasteiger partial charge in [0.15, 0.2) is 0 Å². The first-order valence-electron chi connectivity index (χ1n) is 12.0. The van der Waals surface area contributed by atoms with Gasteiger partial charge < -0.3 is 19.7 Å². The molecule has 0 spiro atoms. The summed E-state index contributed by atoms with van der Waals surface area (Å²) >= 11 is 0. The first-order valence-corrected chi connectivity index (χ1v) is 12.0. The van der Waals surface area contributed by atoms with Crippen LogP contribution in [-0.2, 0) is 9.59 Å². The van der Waals surface area contributed by atoms with Crippen LogP contribution in [0.15, 0.2) is 60.7 Å². The maximum atomic E-state index is 12.9. The van der Waals surface area contributed by atoms with E-state index in [-0.39, 0.29) is 36.2 Å². The average Bonchev–Trinajstić information content (AvgIpc) is 3.26. The molecule has 1 saturated heterocycles. The van der Waals surface area contributed by atoms with Gasteiger partial charge in [0.05, 0.1) is 29.7 Å². The summed E-state index contributed by atoms with van der Waals surface area (Å²) in [4.78, 5) is 37.6. The Kier molecular flexibility index (Phi) is 7.42. The highest BCUT2D eigenvalue weighted by atomic mass is 16.6. The third kappa shape index (κ3) is 5.72. The number of carbonyl (C=O) groups is 2. The van der Waals surface area contributed by atoms with Crippen LogP contribution in [0.5, 0.6) is 17.2 Å². The Morgan fingerprint density at radius 2 is 1.81 bits per heavy atom. The largest absolute Gasteiger partial charge is 0.494 e. The van der Waals surface area contributed by atoms with Crippen LogP contribution in [0.1, 0.15) is 37.3 Å². The number of benzene rings is 3. The number of ether oxygens (including phenoxy) is 2. The molecule has 1 aliphatic rings. The number of hydrogen-bond acceptors (Lipinski definition) is 6. The molecule has 0 aliphatic carbocycles. The number of aryl methyl sites for hydroxylation is 1. The zero-order valence-corrected chi connectivity index (χ0v) is 21.2. The number of nitrogens with zero attached hydrogens (tertiary/aromatic N) is 2. The van der Waals surface area contributed by atoms with Crippen LogP contribution in [0.2, 0.25) is 0 Å². The van der Waals surface area contributed by atoms with Crippen LogP contribution in [0.4, 0.5) is 17.1 Å². The Balaban J connectivity index is 1.42. The molecule has 0 unspecified atom stereocenters. The first kappa shape index (κ1) is 25.7. The minimum atomic E-state index is -0.579. The van der Waals surface area contributed by atoms with Crippen molar-refractivity contribution in [3.8, 4) is 17.2 Å². The molecule has 9 heteroatoms. The molecule has 3 aromatic carbocycles. The summed E-state index contributed by atoms with van der Waals surface area (Å²) in [5.74, 6) is 0.851. The van der Waals surface area contributed by atoms with Gasteiger partial charge >= 0.3 is 0 Å². The minimum absolute atomic E-state index is 0.0263. The lowest BCUT2D eigenvalue weighted by Gasteiger charge is -2.19. The molecular formula is C28H29N3O6. The van der Waals surface area contributed by atoms with Crippen molar-refractivity contribution in [1.29, 1.82) is 0 Å². The number of amides is 2. The molecule has 1 fully saturated rings. The van der Waals surface area contributed by atoms with Crippen molar-refractivity contribution in [1.82, 2.24) is 0 Å². The molecule has 0 radical (unpaired) electrons. The van der Waals surface area contributed by atoms with E-state index >= 15 is 0 Å². The van der Waals surface area contributed by atoms with E-state index in [9.17, 15) is 19.7 Å². The molecule has 2 amide bonds. The number of non-ortho nitro benzene ring substituents is 1. The van der Waals surface area contributed by atoms with Crippen molar-refractivity contribution in [2.24, 2.45) is 5.92 Å². The predicted molar refractivity (Wildman–Crippen MR) is 141 cm³/mol. The molecule has 1 N–H and O–H groups in total. The highest BCUT2D eigenvalue weighted by Crippen LogP contribution is 2.36. The number of hydrogen-bond donors (Lipinski definition) is 1. The lowest BCUT2D eigenvalue weighted by molar-refractivity contribution is -0.384. The van der Waals surface area contributed by atoms with Crippen LogP contribution < -0.4 is 19.7 Å². The maximum absolute atomic E-state index is 12.9. The second-order valence-electron chi connectivity index (χ2n) is 9.33.